The summed E-state index contributed by atoms with van der Waals surface area (Å²) in [4.78, 5) is 20.5. The van der Waals surface area contributed by atoms with E-state index in [-0.39, 0.29) is 18.8 Å². The lowest BCUT2D eigenvalue weighted by Gasteiger charge is -2.12. The Bertz CT molecular complexity index is 1210. The maximum Gasteiger partial charge on any atom is 0.336 e. The normalized spacial score (nSPS) is 10.7. The first kappa shape index (κ1) is 19.4. The average molecular weight is 400 g/mol. The molecule has 6 nitrogen and oxygen atoms in total. The maximum absolute atomic E-state index is 11.5. The van der Waals surface area contributed by atoms with Gasteiger partial charge < -0.3 is 14.6 Å². The number of hydrogen-bond donors (Lipinski definition) is 1. The van der Waals surface area contributed by atoms with Crippen molar-refractivity contribution in [3.05, 3.63) is 95.3 Å². The number of carbonyl (C=O) groups is 1. The number of hydrogen-bond acceptors (Lipinski definition) is 5. The SMILES string of the molecule is Cc1cccc(COc2cccc(OCc3cnc4ccccc4n3)c2)c1C(=O)O. The summed E-state index contributed by atoms with van der Waals surface area (Å²) >= 11 is 0. The number of carboxylic acid groups (broad SMARTS) is 1. The van der Waals surface area contributed by atoms with Crippen LogP contribution in [-0.2, 0) is 13.2 Å². The summed E-state index contributed by atoms with van der Waals surface area (Å²) in [6.07, 6.45) is 1.70. The fourth-order valence-corrected chi connectivity index (χ4v) is 3.19. The number of benzene rings is 3. The molecule has 0 aliphatic carbocycles. The van der Waals surface area contributed by atoms with Gasteiger partial charge in [-0.15, -0.1) is 0 Å². The molecule has 1 heterocycles. The zero-order valence-corrected chi connectivity index (χ0v) is 16.4. The van der Waals surface area contributed by atoms with Gasteiger partial charge >= 0.3 is 5.97 Å². The summed E-state index contributed by atoms with van der Waals surface area (Å²) in [6.45, 7) is 2.21. The molecule has 0 atom stereocenters. The lowest BCUT2D eigenvalue weighted by Crippen LogP contribution is -2.08. The lowest BCUT2D eigenvalue weighted by molar-refractivity contribution is 0.0693. The first-order valence-electron chi connectivity index (χ1n) is 9.48. The summed E-state index contributed by atoms with van der Waals surface area (Å²) in [5, 5.41) is 9.45. The van der Waals surface area contributed by atoms with Crippen molar-refractivity contribution in [2.75, 3.05) is 0 Å². The maximum atomic E-state index is 11.5. The van der Waals surface area contributed by atoms with E-state index in [1.807, 2.05) is 42.5 Å². The van der Waals surface area contributed by atoms with Crippen molar-refractivity contribution in [1.29, 1.82) is 0 Å². The first-order valence-corrected chi connectivity index (χ1v) is 9.48. The zero-order valence-electron chi connectivity index (χ0n) is 16.4. The summed E-state index contributed by atoms with van der Waals surface area (Å²) in [5.41, 5.74) is 4.00. The van der Waals surface area contributed by atoms with Gasteiger partial charge in [0.25, 0.3) is 0 Å². The summed E-state index contributed by atoms with van der Waals surface area (Å²) < 4.78 is 11.7. The van der Waals surface area contributed by atoms with Gasteiger partial charge in [-0.3, -0.25) is 4.98 Å². The molecule has 4 rings (SSSR count). The molecule has 0 fully saturated rings. The molecule has 0 radical (unpaired) electrons. The van der Waals surface area contributed by atoms with Crippen molar-refractivity contribution < 1.29 is 19.4 Å². The molecule has 30 heavy (non-hydrogen) atoms. The Morgan fingerprint density at radius 2 is 1.60 bits per heavy atom. The predicted molar refractivity (Wildman–Crippen MR) is 113 cm³/mol. The third-order valence-corrected chi connectivity index (χ3v) is 4.66. The number of nitrogens with zero attached hydrogens (tertiary/aromatic N) is 2. The highest BCUT2D eigenvalue weighted by Crippen LogP contribution is 2.23. The standard InChI is InChI=1S/C24H20N2O4/c1-16-6-4-7-17(23(16)24(27)28)14-29-19-8-5-9-20(12-19)30-15-18-13-25-21-10-2-3-11-22(21)26-18/h2-13H,14-15H2,1H3,(H,27,28). The minimum atomic E-state index is -0.958. The number of ether oxygens (including phenoxy) is 2. The van der Waals surface area contributed by atoms with E-state index in [9.17, 15) is 9.90 Å². The van der Waals surface area contributed by atoms with E-state index in [0.717, 1.165) is 16.7 Å². The number of aromatic carboxylic acids is 1. The third kappa shape index (κ3) is 4.38. The second kappa shape index (κ2) is 8.61. The number of para-hydroxylation sites is 2. The van der Waals surface area contributed by atoms with Crippen LogP contribution in [0.4, 0.5) is 0 Å². The van der Waals surface area contributed by atoms with E-state index in [2.05, 4.69) is 9.97 Å². The van der Waals surface area contributed by atoms with Gasteiger partial charge in [0, 0.05) is 11.6 Å². The molecule has 0 spiro atoms. The molecule has 3 aromatic carbocycles. The lowest BCUT2D eigenvalue weighted by atomic mass is 10.0. The Kier molecular flexibility index (Phi) is 5.57. The Hall–Kier alpha value is -3.93. The number of rotatable bonds is 7. The molecule has 4 aromatic rings. The van der Waals surface area contributed by atoms with Crippen LogP contribution < -0.4 is 9.47 Å². The Morgan fingerprint density at radius 3 is 2.37 bits per heavy atom. The van der Waals surface area contributed by atoms with E-state index < -0.39 is 5.97 Å². The predicted octanol–water partition coefficient (Wildman–Crippen LogP) is 4.79. The molecule has 6 heteroatoms. The molecule has 1 aromatic heterocycles. The van der Waals surface area contributed by atoms with Gasteiger partial charge in [0.1, 0.15) is 24.7 Å². The van der Waals surface area contributed by atoms with Crippen LogP contribution in [0.25, 0.3) is 11.0 Å². The first-order chi connectivity index (χ1) is 14.6. The fourth-order valence-electron chi connectivity index (χ4n) is 3.19. The van der Waals surface area contributed by atoms with Crippen molar-refractivity contribution in [1.82, 2.24) is 9.97 Å². The number of aryl methyl sites for hydroxylation is 1. The van der Waals surface area contributed by atoms with Gasteiger partial charge in [-0.05, 0) is 36.8 Å². The minimum Gasteiger partial charge on any atom is -0.489 e. The highest BCUT2D eigenvalue weighted by Gasteiger charge is 2.13. The summed E-state index contributed by atoms with van der Waals surface area (Å²) in [5.74, 6) is 0.264. The van der Waals surface area contributed by atoms with E-state index in [4.69, 9.17) is 9.47 Å². The van der Waals surface area contributed by atoms with Crippen molar-refractivity contribution in [3.8, 4) is 11.5 Å². The minimum absolute atomic E-state index is 0.156. The van der Waals surface area contributed by atoms with E-state index in [1.165, 1.54) is 0 Å². The van der Waals surface area contributed by atoms with Gasteiger partial charge in [0.15, 0.2) is 0 Å². The smallest absolute Gasteiger partial charge is 0.336 e. The van der Waals surface area contributed by atoms with Gasteiger partial charge in [-0.1, -0.05) is 36.4 Å². The van der Waals surface area contributed by atoms with Crippen LogP contribution in [0, 0.1) is 6.92 Å². The van der Waals surface area contributed by atoms with Crippen LogP contribution in [0.1, 0.15) is 27.2 Å². The van der Waals surface area contributed by atoms with Crippen molar-refractivity contribution in [2.24, 2.45) is 0 Å². The Labute approximate surface area is 173 Å². The van der Waals surface area contributed by atoms with Crippen molar-refractivity contribution >= 4 is 17.0 Å². The van der Waals surface area contributed by atoms with Crippen molar-refractivity contribution in [3.63, 3.8) is 0 Å². The molecule has 0 aliphatic heterocycles. The number of fused-ring (bicyclic) bond motifs is 1. The van der Waals surface area contributed by atoms with Crippen LogP contribution in [0.3, 0.4) is 0 Å². The second-order valence-electron chi connectivity index (χ2n) is 6.82. The van der Waals surface area contributed by atoms with Crippen LogP contribution in [0.15, 0.2) is 72.9 Å². The molecule has 0 saturated carbocycles. The molecule has 0 amide bonds. The number of aromatic nitrogens is 2. The molecule has 0 aliphatic rings. The van der Waals surface area contributed by atoms with Crippen molar-refractivity contribution in [2.45, 2.75) is 20.1 Å². The zero-order chi connectivity index (χ0) is 20.9. The Balaban J connectivity index is 1.43. The van der Waals surface area contributed by atoms with E-state index >= 15 is 0 Å². The van der Waals surface area contributed by atoms with Crippen LogP contribution in [0.5, 0.6) is 11.5 Å². The number of carboxylic acids is 1. The molecule has 150 valence electrons. The second-order valence-corrected chi connectivity index (χ2v) is 6.82. The molecule has 0 bridgehead atoms. The Morgan fingerprint density at radius 1 is 0.900 bits per heavy atom. The highest BCUT2D eigenvalue weighted by molar-refractivity contribution is 5.91. The van der Waals surface area contributed by atoms with Crippen LogP contribution in [0.2, 0.25) is 0 Å². The highest BCUT2D eigenvalue weighted by atomic mass is 16.5. The quantitative estimate of drug-likeness (QED) is 0.480. The molecule has 0 saturated heterocycles. The largest absolute Gasteiger partial charge is 0.489 e. The molecular formula is C24H20N2O4. The van der Waals surface area contributed by atoms with Gasteiger partial charge in [0.05, 0.1) is 28.5 Å². The van der Waals surface area contributed by atoms with E-state index in [1.54, 1.807) is 37.4 Å². The third-order valence-electron chi connectivity index (χ3n) is 4.66. The summed E-state index contributed by atoms with van der Waals surface area (Å²) in [6, 6.07) is 20.3. The van der Waals surface area contributed by atoms with Gasteiger partial charge in [0.2, 0.25) is 0 Å². The summed E-state index contributed by atoms with van der Waals surface area (Å²) in [7, 11) is 0. The van der Waals surface area contributed by atoms with Crippen LogP contribution >= 0.6 is 0 Å². The molecular weight excluding hydrogens is 380 g/mol. The monoisotopic (exact) mass is 400 g/mol. The molecule has 0 unspecified atom stereocenters. The van der Waals surface area contributed by atoms with Gasteiger partial charge in [-0.25, -0.2) is 9.78 Å². The topological polar surface area (TPSA) is 81.5 Å². The van der Waals surface area contributed by atoms with Crippen LogP contribution in [-0.4, -0.2) is 21.0 Å². The fraction of sp³-hybridized carbons (Fsp3) is 0.125. The van der Waals surface area contributed by atoms with E-state index in [0.29, 0.717) is 22.6 Å². The van der Waals surface area contributed by atoms with Gasteiger partial charge in [-0.2, -0.15) is 0 Å². The molecule has 1 N–H and O–H groups in total. The average Bonchev–Trinajstić information content (AvgIpc) is 2.76.